The van der Waals surface area contributed by atoms with Gasteiger partial charge in [0.25, 0.3) is 5.91 Å². The van der Waals surface area contributed by atoms with E-state index in [2.05, 4.69) is 44.3 Å². The Morgan fingerprint density at radius 1 is 0.926 bits per heavy atom. The van der Waals surface area contributed by atoms with E-state index in [4.69, 9.17) is 9.47 Å². The summed E-state index contributed by atoms with van der Waals surface area (Å²) in [6.07, 6.45) is 5.60. The molecule has 0 unspecified atom stereocenters. The van der Waals surface area contributed by atoms with E-state index in [1.807, 2.05) is 42.2 Å². The molecule has 68 heavy (non-hydrogen) atoms. The molecule has 0 aliphatic carbocycles. The highest BCUT2D eigenvalue weighted by Crippen LogP contribution is 2.37. The molecule has 17 heteroatoms. The monoisotopic (exact) mass is 929 g/mol. The Morgan fingerprint density at radius 3 is 2.41 bits per heavy atom. The lowest BCUT2D eigenvalue weighted by atomic mass is 9.94. The largest absolute Gasteiger partial charge is 0.495 e. The van der Waals surface area contributed by atoms with Crippen molar-refractivity contribution in [3.05, 3.63) is 83.9 Å². The van der Waals surface area contributed by atoms with Crippen molar-refractivity contribution in [1.29, 1.82) is 0 Å². The van der Waals surface area contributed by atoms with Gasteiger partial charge in [-0.05, 0) is 123 Å². The second-order valence-corrected chi connectivity index (χ2v) is 19.1. The number of ether oxygens (including phenoxy) is 2. The van der Waals surface area contributed by atoms with Crippen LogP contribution in [-0.2, 0) is 4.79 Å². The van der Waals surface area contributed by atoms with Crippen LogP contribution < -0.4 is 25.0 Å². The molecule has 9 rings (SSSR count). The van der Waals surface area contributed by atoms with Crippen LogP contribution in [-0.4, -0.2) is 130 Å². The second-order valence-electron chi connectivity index (χ2n) is 19.1. The van der Waals surface area contributed by atoms with E-state index in [0.29, 0.717) is 82.0 Å². The fourth-order valence-corrected chi connectivity index (χ4v) is 10.2. The van der Waals surface area contributed by atoms with Gasteiger partial charge in [0, 0.05) is 92.6 Å². The van der Waals surface area contributed by atoms with Gasteiger partial charge in [0.15, 0.2) is 0 Å². The van der Waals surface area contributed by atoms with Gasteiger partial charge in [-0.2, -0.15) is 0 Å². The summed E-state index contributed by atoms with van der Waals surface area (Å²) in [7, 11) is 1.51. The Balaban J connectivity index is 0.764. The van der Waals surface area contributed by atoms with E-state index in [9.17, 15) is 24.3 Å². The average Bonchev–Trinajstić information content (AvgIpc) is 3.94. The maximum absolute atomic E-state index is 15.2. The molecule has 0 spiro atoms. The topological polar surface area (TPSA) is 186 Å². The molecule has 16 nitrogen and oxygen atoms in total. The Labute approximate surface area is 395 Å². The van der Waals surface area contributed by atoms with Crippen LogP contribution >= 0.6 is 0 Å². The minimum atomic E-state index is -0.590. The Bertz CT molecular complexity index is 2680. The zero-order valence-corrected chi connectivity index (χ0v) is 39.1. The lowest BCUT2D eigenvalue weighted by molar-refractivity contribution is -0.120. The number of anilines is 2. The van der Waals surface area contributed by atoms with E-state index in [0.717, 1.165) is 68.7 Å². The maximum atomic E-state index is 15.2. The van der Waals surface area contributed by atoms with Gasteiger partial charge in [0.05, 0.1) is 24.6 Å². The van der Waals surface area contributed by atoms with Gasteiger partial charge >= 0.3 is 12.1 Å². The number of methoxy groups -OCH3 is 1. The van der Waals surface area contributed by atoms with Crippen molar-refractivity contribution in [3.8, 4) is 34.0 Å². The van der Waals surface area contributed by atoms with Crippen LogP contribution in [0, 0.1) is 30.5 Å². The number of rotatable bonds is 12. The number of carbonyl (C=O) groups excluding carboxylic acids is 4. The summed E-state index contributed by atoms with van der Waals surface area (Å²) in [5.41, 5.74) is 5.38. The number of hydrogen-bond acceptors (Lipinski definition) is 10. The average molecular weight is 930 g/mol. The summed E-state index contributed by atoms with van der Waals surface area (Å²) in [4.78, 5) is 71.1. The molecule has 0 radical (unpaired) electrons. The van der Waals surface area contributed by atoms with Crippen LogP contribution in [0.25, 0.3) is 33.5 Å². The number of imide groups is 1. The maximum Gasteiger partial charge on any atom is 0.328 e. The molecule has 3 aromatic carbocycles. The van der Waals surface area contributed by atoms with E-state index in [1.54, 1.807) is 23.1 Å². The number of β-amino-alcohol motifs (C(OH)–C–C–N with tert-alkyl or cyclic N) is 1. The van der Waals surface area contributed by atoms with Gasteiger partial charge in [-0.15, -0.1) is 0 Å². The molecule has 2 atom stereocenters. The first-order valence-electron chi connectivity index (χ1n) is 23.8. The van der Waals surface area contributed by atoms with E-state index >= 15 is 4.39 Å². The van der Waals surface area contributed by atoms with Crippen molar-refractivity contribution in [2.45, 2.75) is 71.5 Å². The first-order chi connectivity index (χ1) is 32.8. The molecule has 2 aromatic heterocycles. The molecule has 4 aliphatic heterocycles. The number of aromatic amines is 1. The third-order valence-corrected chi connectivity index (χ3v) is 14.0. The number of benzene rings is 3. The summed E-state index contributed by atoms with van der Waals surface area (Å²) in [5.74, 6) is 1.23. The molecule has 6 amide bonds. The fourth-order valence-electron chi connectivity index (χ4n) is 10.2. The standard InChI is InChI=1S/C51H60FN9O7/c1-30(2)21-35-27-60(28-44(35)62)50(65)56-41-24-36(52)23-39(31(41)3)47-40-25-42(55-48(40)54-29-53-47)33-5-8-37(9-6-33)68-38-13-16-58(17-14-38)26-32-11-18-59(19-12-32)49(64)34-7-10-45(67-4)43(22-34)61-20-15-46(63)57-51(61)66/h5-10,22-25,29-30,32,35,38,44,62H,11-21,26-28H2,1-4H3,(H,56,65)(H,53,54,55)(H,57,63,66)/t35-,44-/m0/s1. The Kier molecular flexibility index (Phi) is 13.6. The lowest BCUT2D eigenvalue weighted by Crippen LogP contribution is -2.49. The summed E-state index contributed by atoms with van der Waals surface area (Å²) < 4.78 is 27.2. The predicted molar refractivity (Wildman–Crippen MR) is 256 cm³/mol. The molecule has 5 aromatic rings. The van der Waals surface area contributed by atoms with Crippen molar-refractivity contribution >= 4 is 46.3 Å². The van der Waals surface area contributed by atoms with Crippen molar-refractivity contribution < 1.29 is 38.1 Å². The molecule has 358 valence electrons. The zero-order valence-electron chi connectivity index (χ0n) is 39.1. The zero-order chi connectivity index (χ0) is 47.6. The van der Waals surface area contributed by atoms with Crippen LogP contribution in [0.3, 0.4) is 0 Å². The SMILES string of the molecule is COc1ccc(C(=O)N2CCC(CN3CCC(Oc4ccc(-c5cc6c(-c7cc(F)cc(NC(=O)N8C[C@H](CC(C)C)[C@@H](O)C8)c7C)ncnc6[nH]5)cc4)CC3)CC2)cc1N1CCC(=O)NC1=O. The number of piperidine rings is 2. The van der Waals surface area contributed by atoms with Gasteiger partial charge in [-0.25, -0.2) is 23.9 Å². The molecule has 0 saturated carbocycles. The predicted octanol–water partition coefficient (Wildman–Crippen LogP) is 7.46. The number of H-pyrrole nitrogens is 1. The smallest absolute Gasteiger partial charge is 0.328 e. The molecular formula is C51H60FN9O7. The first-order valence-corrected chi connectivity index (χ1v) is 23.8. The van der Waals surface area contributed by atoms with Crippen molar-refractivity contribution in [2.24, 2.45) is 17.8 Å². The molecule has 6 heterocycles. The number of carbonyl (C=O) groups is 4. The number of aliphatic hydroxyl groups excluding tert-OH is 1. The van der Waals surface area contributed by atoms with E-state index in [1.165, 1.54) is 30.5 Å². The summed E-state index contributed by atoms with van der Waals surface area (Å²) >= 11 is 0. The number of fused-ring (bicyclic) bond motifs is 1. The van der Waals surface area contributed by atoms with Crippen LogP contribution in [0.5, 0.6) is 11.5 Å². The number of nitrogens with zero attached hydrogens (tertiary/aromatic N) is 6. The molecule has 4 saturated heterocycles. The lowest BCUT2D eigenvalue weighted by Gasteiger charge is -2.37. The van der Waals surface area contributed by atoms with Gasteiger partial charge < -0.3 is 39.6 Å². The minimum Gasteiger partial charge on any atom is -0.495 e. The molecule has 4 N–H and O–H groups in total. The van der Waals surface area contributed by atoms with E-state index < -0.39 is 18.0 Å². The van der Waals surface area contributed by atoms with Crippen LogP contribution in [0.1, 0.15) is 68.3 Å². The van der Waals surface area contributed by atoms with Crippen LogP contribution in [0.4, 0.5) is 25.4 Å². The number of amides is 6. The number of likely N-dealkylation sites (tertiary alicyclic amines) is 3. The third kappa shape index (κ3) is 10.1. The van der Waals surface area contributed by atoms with Gasteiger partial charge in [-0.1, -0.05) is 13.8 Å². The third-order valence-electron chi connectivity index (χ3n) is 14.0. The van der Waals surface area contributed by atoms with Gasteiger partial charge in [0.1, 0.15) is 35.4 Å². The Morgan fingerprint density at radius 2 is 1.69 bits per heavy atom. The first kappa shape index (κ1) is 46.5. The highest BCUT2D eigenvalue weighted by atomic mass is 19.1. The highest BCUT2D eigenvalue weighted by Gasteiger charge is 2.35. The summed E-state index contributed by atoms with van der Waals surface area (Å²) in [6, 6.07) is 16.9. The number of halogens is 1. The molecule has 4 aliphatic rings. The fraction of sp³-hybridized carbons (Fsp3) is 0.451. The number of hydrogen-bond donors (Lipinski definition) is 4. The van der Waals surface area contributed by atoms with Gasteiger partial charge in [0.2, 0.25) is 5.91 Å². The number of urea groups is 2. The summed E-state index contributed by atoms with van der Waals surface area (Å²) in [6.45, 7) is 11.1. The van der Waals surface area contributed by atoms with Crippen molar-refractivity contribution in [3.63, 3.8) is 0 Å². The summed E-state index contributed by atoms with van der Waals surface area (Å²) in [5, 5.41) is 16.5. The van der Waals surface area contributed by atoms with E-state index in [-0.39, 0.29) is 49.4 Å². The van der Waals surface area contributed by atoms with Crippen LogP contribution in [0.2, 0.25) is 0 Å². The number of aliphatic hydroxyl groups is 1. The normalized spacial score (nSPS) is 19.8. The molecule has 0 bridgehead atoms. The number of aromatic nitrogens is 3. The van der Waals surface area contributed by atoms with Crippen LogP contribution in [0.15, 0.2) is 67.0 Å². The Hall–Kier alpha value is -6.59. The second kappa shape index (κ2) is 19.9. The van der Waals surface area contributed by atoms with Crippen molar-refractivity contribution in [1.82, 2.24) is 35.0 Å². The quantitative estimate of drug-likeness (QED) is 0.0979. The highest BCUT2D eigenvalue weighted by molar-refractivity contribution is 6.07. The molecule has 4 fully saturated rings. The van der Waals surface area contributed by atoms with Crippen molar-refractivity contribution in [2.75, 3.05) is 69.7 Å². The molecular weight excluding hydrogens is 870 g/mol. The minimum absolute atomic E-state index is 0.00486. The van der Waals surface area contributed by atoms with Gasteiger partial charge in [-0.3, -0.25) is 19.8 Å². The number of nitrogens with one attached hydrogen (secondary N) is 3.